The molecule has 0 unspecified atom stereocenters. The van der Waals surface area contributed by atoms with E-state index in [1.807, 2.05) is 42.5 Å². The lowest BCUT2D eigenvalue weighted by molar-refractivity contribution is 0.0951. The minimum absolute atomic E-state index is 0.0981. The Morgan fingerprint density at radius 2 is 1.30 bits per heavy atom. The standard InChI is InChI=1S/C33H35N3O3S/c37-33(34-24-27-18-20-29(21-19-27)25-35-22-10-3-11-23-35)31-16-8-9-17-32(31)36(26-28-12-4-1-5-13-28)40(38,39)30-14-6-2-7-15-30/h1-2,4-9,12-21H,3,10-11,22-26H2,(H,34,37). The monoisotopic (exact) mass is 553 g/mol. The average molecular weight is 554 g/mol. The molecule has 206 valence electrons. The van der Waals surface area contributed by atoms with E-state index < -0.39 is 10.0 Å². The first-order valence-electron chi connectivity index (χ1n) is 13.8. The number of amides is 1. The lowest BCUT2D eigenvalue weighted by Crippen LogP contribution is -2.33. The predicted molar refractivity (Wildman–Crippen MR) is 159 cm³/mol. The first kappa shape index (κ1) is 27.6. The summed E-state index contributed by atoms with van der Waals surface area (Å²) in [6.45, 7) is 3.70. The van der Waals surface area contributed by atoms with Crippen molar-refractivity contribution in [1.29, 1.82) is 0 Å². The average Bonchev–Trinajstić information content (AvgIpc) is 3.01. The SMILES string of the molecule is O=C(NCc1ccc(CN2CCCCC2)cc1)c1ccccc1N(Cc1ccccc1)S(=O)(=O)c1ccccc1. The summed E-state index contributed by atoms with van der Waals surface area (Å²) in [5.74, 6) is -0.325. The summed E-state index contributed by atoms with van der Waals surface area (Å²) in [5, 5.41) is 3.00. The molecular formula is C33H35N3O3S. The second kappa shape index (κ2) is 12.9. The lowest BCUT2D eigenvalue weighted by atomic mass is 10.1. The van der Waals surface area contributed by atoms with Crippen LogP contribution in [0.5, 0.6) is 0 Å². The Morgan fingerprint density at radius 3 is 2.00 bits per heavy atom. The Bertz CT molecular complexity index is 1500. The molecule has 4 aromatic rings. The van der Waals surface area contributed by atoms with Crippen molar-refractivity contribution in [2.45, 2.75) is 43.8 Å². The van der Waals surface area contributed by atoms with Crippen LogP contribution < -0.4 is 9.62 Å². The van der Waals surface area contributed by atoms with Gasteiger partial charge in [0.25, 0.3) is 15.9 Å². The number of benzene rings is 4. The first-order valence-corrected chi connectivity index (χ1v) is 15.2. The lowest BCUT2D eigenvalue weighted by Gasteiger charge is -2.27. The summed E-state index contributed by atoms with van der Waals surface area (Å²) in [5.41, 5.74) is 3.72. The highest BCUT2D eigenvalue weighted by Crippen LogP contribution is 2.29. The molecule has 6 nitrogen and oxygen atoms in total. The van der Waals surface area contributed by atoms with Crippen LogP contribution in [0.15, 0.2) is 114 Å². The largest absolute Gasteiger partial charge is 0.348 e. The van der Waals surface area contributed by atoms with Gasteiger partial charge in [-0.3, -0.25) is 14.0 Å². The van der Waals surface area contributed by atoms with Gasteiger partial charge in [-0.15, -0.1) is 0 Å². The maximum absolute atomic E-state index is 13.9. The Hall–Kier alpha value is -3.94. The van der Waals surface area contributed by atoms with E-state index in [0.29, 0.717) is 17.8 Å². The fourth-order valence-electron chi connectivity index (χ4n) is 5.07. The number of anilines is 1. The Morgan fingerprint density at radius 1 is 0.700 bits per heavy atom. The van der Waals surface area contributed by atoms with E-state index in [0.717, 1.165) is 30.8 Å². The second-order valence-electron chi connectivity index (χ2n) is 10.2. The molecule has 0 spiro atoms. The van der Waals surface area contributed by atoms with Crippen molar-refractivity contribution in [1.82, 2.24) is 10.2 Å². The molecule has 40 heavy (non-hydrogen) atoms. The molecular weight excluding hydrogens is 518 g/mol. The number of carbonyl (C=O) groups is 1. The zero-order chi connectivity index (χ0) is 27.8. The Kier molecular flexibility index (Phi) is 8.94. The van der Waals surface area contributed by atoms with Crippen LogP contribution in [0, 0.1) is 0 Å². The summed E-state index contributed by atoms with van der Waals surface area (Å²) >= 11 is 0. The molecule has 0 saturated carbocycles. The molecule has 0 radical (unpaired) electrons. The number of sulfonamides is 1. The van der Waals surface area contributed by atoms with Crippen LogP contribution >= 0.6 is 0 Å². The summed E-state index contributed by atoms with van der Waals surface area (Å²) < 4.78 is 29.0. The maximum Gasteiger partial charge on any atom is 0.264 e. The molecule has 0 bridgehead atoms. The third kappa shape index (κ3) is 6.79. The molecule has 1 N–H and O–H groups in total. The second-order valence-corrected chi connectivity index (χ2v) is 12.0. The molecule has 1 aliphatic heterocycles. The van der Waals surface area contributed by atoms with Crippen LogP contribution in [-0.4, -0.2) is 32.3 Å². The molecule has 4 aromatic carbocycles. The fourth-order valence-corrected chi connectivity index (χ4v) is 6.56. The number of likely N-dealkylation sites (tertiary alicyclic amines) is 1. The molecule has 1 amide bonds. The smallest absolute Gasteiger partial charge is 0.264 e. The summed E-state index contributed by atoms with van der Waals surface area (Å²) in [4.78, 5) is 16.1. The summed E-state index contributed by atoms with van der Waals surface area (Å²) in [6.07, 6.45) is 3.85. The van der Waals surface area contributed by atoms with Gasteiger partial charge in [0.05, 0.1) is 22.7 Å². The first-order chi connectivity index (χ1) is 19.5. The molecule has 7 heteroatoms. The van der Waals surface area contributed by atoms with Crippen molar-refractivity contribution in [3.63, 3.8) is 0 Å². The minimum atomic E-state index is -3.94. The molecule has 1 saturated heterocycles. The van der Waals surface area contributed by atoms with E-state index >= 15 is 0 Å². The van der Waals surface area contributed by atoms with Crippen LogP contribution in [0.4, 0.5) is 5.69 Å². The van der Waals surface area contributed by atoms with E-state index in [2.05, 4.69) is 22.3 Å². The highest BCUT2D eigenvalue weighted by Gasteiger charge is 2.28. The predicted octanol–water partition coefficient (Wildman–Crippen LogP) is 6.00. The number of piperidine rings is 1. The fraction of sp³-hybridized carbons (Fsp3) is 0.242. The quantitative estimate of drug-likeness (QED) is 0.262. The molecule has 1 fully saturated rings. The molecule has 0 aliphatic carbocycles. The number of carbonyl (C=O) groups excluding carboxylic acids is 1. The van der Waals surface area contributed by atoms with E-state index in [-0.39, 0.29) is 17.3 Å². The van der Waals surface area contributed by atoms with Crippen molar-refractivity contribution in [3.05, 3.63) is 131 Å². The third-order valence-corrected chi connectivity index (χ3v) is 9.02. The Labute approximate surface area is 237 Å². The van der Waals surface area contributed by atoms with Crippen molar-refractivity contribution < 1.29 is 13.2 Å². The molecule has 0 atom stereocenters. The summed E-state index contributed by atoms with van der Waals surface area (Å²) in [6, 6.07) is 32.9. The molecule has 5 rings (SSSR count). The van der Waals surface area contributed by atoms with E-state index in [4.69, 9.17) is 0 Å². The van der Waals surface area contributed by atoms with Crippen molar-refractivity contribution >= 4 is 21.6 Å². The van der Waals surface area contributed by atoms with Gasteiger partial charge in [-0.1, -0.05) is 91.3 Å². The number of hydrogen-bond acceptors (Lipinski definition) is 4. The topological polar surface area (TPSA) is 69.7 Å². The molecule has 1 aliphatic rings. The number of nitrogens with one attached hydrogen (secondary N) is 1. The zero-order valence-corrected chi connectivity index (χ0v) is 23.4. The van der Waals surface area contributed by atoms with Crippen LogP contribution in [0.3, 0.4) is 0 Å². The van der Waals surface area contributed by atoms with Gasteiger partial charge in [0.15, 0.2) is 0 Å². The molecule has 1 heterocycles. The zero-order valence-electron chi connectivity index (χ0n) is 22.6. The van der Waals surface area contributed by atoms with Crippen LogP contribution in [0.1, 0.15) is 46.3 Å². The van der Waals surface area contributed by atoms with Gasteiger partial charge in [0.1, 0.15) is 0 Å². The van der Waals surface area contributed by atoms with Crippen LogP contribution in [0.2, 0.25) is 0 Å². The van der Waals surface area contributed by atoms with Crippen molar-refractivity contribution in [3.8, 4) is 0 Å². The number of para-hydroxylation sites is 1. The van der Waals surface area contributed by atoms with Gasteiger partial charge >= 0.3 is 0 Å². The summed E-state index contributed by atoms with van der Waals surface area (Å²) in [7, 11) is -3.94. The van der Waals surface area contributed by atoms with Gasteiger partial charge in [0.2, 0.25) is 0 Å². The van der Waals surface area contributed by atoms with Crippen LogP contribution in [0.25, 0.3) is 0 Å². The van der Waals surface area contributed by atoms with Gasteiger partial charge < -0.3 is 5.32 Å². The van der Waals surface area contributed by atoms with Crippen LogP contribution in [-0.2, 0) is 29.7 Å². The number of hydrogen-bond donors (Lipinski definition) is 1. The van der Waals surface area contributed by atoms with E-state index in [1.54, 1.807) is 54.6 Å². The third-order valence-electron chi connectivity index (χ3n) is 7.25. The van der Waals surface area contributed by atoms with Gasteiger partial charge in [0, 0.05) is 13.1 Å². The highest BCUT2D eigenvalue weighted by atomic mass is 32.2. The van der Waals surface area contributed by atoms with E-state index in [1.165, 1.54) is 29.1 Å². The Balaban J connectivity index is 1.35. The normalized spacial score (nSPS) is 14.0. The van der Waals surface area contributed by atoms with E-state index in [9.17, 15) is 13.2 Å². The highest BCUT2D eigenvalue weighted by molar-refractivity contribution is 7.92. The number of rotatable bonds is 10. The minimum Gasteiger partial charge on any atom is -0.348 e. The van der Waals surface area contributed by atoms with Crippen molar-refractivity contribution in [2.24, 2.45) is 0 Å². The van der Waals surface area contributed by atoms with Gasteiger partial charge in [-0.05, 0) is 66.9 Å². The van der Waals surface area contributed by atoms with Gasteiger partial charge in [-0.2, -0.15) is 0 Å². The molecule has 0 aromatic heterocycles. The number of nitrogens with zero attached hydrogens (tertiary/aromatic N) is 2. The maximum atomic E-state index is 13.9. The van der Waals surface area contributed by atoms with Gasteiger partial charge in [-0.25, -0.2) is 8.42 Å². The van der Waals surface area contributed by atoms with Crippen molar-refractivity contribution in [2.75, 3.05) is 17.4 Å².